The third kappa shape index (κ3) is 3.21. The number of carbonyl (C=O) groups is 3. The van der Waals surface area contributed by atoms with Crippen molar-refractivity contribution in [3.63, 3.8) is 0 Å². The fourth-order valence-corrected chi connectivity index (χ4v) is 7.50. The quantitative estimate of drug-likeness (QED) is 0.217. The van der Waals surface area contributed by atoms with Crippen LogP contribution in [0.15, 0.2) is 66.7 Å². The fraction of sp³-hybridized carbons (Fsp3) is 0.250. The highest BCUT2D eigenvalue weighted by atomic mass is 35.5. The minimum Gasteiger partial charge on any atom is -0.459 e. The number of ether oxygens (including phenoxy) is 1. The second-order valence-corrected chi connectivity index (χ2v) is 11.6. The average Bonchev–Trinajstić information content (AvgIpc) is 3.18. The largest absolute Gasteiger partial charge is 0.459 e. The van der Waals surface area contributed by atoms with Crippen molar-refractivity contribution in [2.24, 2.45) is 11.8 Å². The van der Waals surface area contributed by atoms with Crippen LogP contribution < -0.4 is 0 Å². The van der Waals surface area contributed by atoms with Gasteiger partial charge in [0.2, 0.25) is 11.8 Å². The monoisotopic (exact) mass is 573 g/mol. The van der Waals surface area contributed by atoms with E-state index in [1.807, 2.05) is 48.5 Å². The summed E-state index contributed by atoms with van der Waals surface area (Å²) in [5, 5.41) is 0.703. The van der Waals surface area contributed by atoms with Crippen LogP contribution in [0.3, 0.4) is 0 Å². The highest BCUT2D eigenvalue weighted by Crippen LogP contribution is 2.69. The first kappa shape index (κ1) is 24.7. The summed E-state index contributed by atoms with van der Waals surface area (Å²) < 4.78 is 5.44. The van der Waals surface area contributed by atoms with Crippen LogP contribution >= 0.6 is 46.4 Å². The minimum absolute atomic E-state index is 0.0983. The molecule has 3 aliphatic carbocycles. The van der Waals surface area contributed by atoms with Gasteiger partial charge in [-0.2, -0.15) is 0 Å². The third-order valence-corrected chi connectivity index (χ3v) is 9.74. The molecular weight excluding hydrogens is 556 g/mol. The number of imide groups is 1. The van der Waals surface area contributed by atoms with Gasteiger partial charge in [0.15, 0.2) is 0 Å². The molecule has 0 N–H and O–H groups in total. The van der Waals surface area contributed by atoms with E-state index >= 15 is 0 Å². The number of benzene rings is 3. The normalized spacial score (nSPS) is 28.0. The SMILES string of the molecule is C[C@H](C(=O)OCc1ccc(Cl)c(Cl)c1)N1C(=O)[C@@H]2[C@@H](C1=O)C1(Cl)c3ccccc3C2(Cl)c2ccccc21. The Bertz CT molecular complexity index is 1380. The molecule has 0 aromatic heterocycles. The maximum atomic E-state index is 13.9. The highest BCUT2D eigenvalue weighted by molar-refractivity contribution is 6.42. The number of alkyl halides is 2. The molecule has 188 valence electrons. The number of carbonyl (C=O) groups excluding carboxylic acids is 3. The lowest BCUT2D eigenvalue weighted by Crippen LogP contribution is -2.57. The lowest BCUT2D eigenvalue weighted by molar-refractivity contribution is -0.159. The van der Waals surface area contributed by atoms with E-state index in [0.717, 1.165) is 4.90 Å². The lowest BCUT2D eigenvalue weighted by atomic mass is 9.54. The third-order valence-electron chi connectivity index (χ3n) is 7.71. The zero-order valence-corrected chi connectivity index (χ0v) is 22.4. The smallest absolute Gasteiger partial charge is 0.329 e. The summed E-state index contributed by atoms with van der Waals surface area (Å²) in [6, 6.07) is 18.4. The van der Waals surface area contributed by atoms with Gasteiger partial charge in [0.25, 0.3) is 0 Å². The predicted molar refractivity (Wildman–Crippen MR) is 141 cm³/mol. The van der Waals surface area contributed by atoms with Crippen LogP contribution in [-0.2, 0) is 35.5 Å². The van der Waals surface area contributed by atoms with Crippen molar-refractivity contribution in [2.75, 3.05) is 0 Å². The molecule has 5 nitrogen and oxygen atoms in total. The van der Waals surface area contributed by atoms with Crippen molar-refractivity contribution in [2.45, 2.75) is 29.3 Å². The van der Waals surface area contributed by atoms with Gasteiger partial charge in [0.1, 0.15) is 22.4 Å². The van der Waals surface area contributed by atoms with E-state index in [1.54, 1.807) is 18.2 Å². The maximum absolute atomic E-state index is 13.9. The van der Waals surface area contributed by atoms with Crippen LogP contribution in [0.2, 0.25) is 10.0 Å². The van der Waals surface area contributed by atoms with Crippen LogP contribution in [0.1, 0.15) is 34.7 Å². The van der Waals surface area contributed by atoms with E-state index in [9.17, 15) is 14.4 Å². The number of halogens is 4. The van der Waals surface area contributed by atoms with Crippen LogP contribution in [0, 0.1) is 11.8 Å². The van der Waals surface area contributed by atoms with Gasteiger partial charge >= 0.3 is 5.97 Å². The predicted octanol–water partition coefficient (Wildman–Crippen LogP) is 6.02. The molecule has 37 heavy (non-hydrogen) atoms. The minimum atomic E-state index is -1.31. The number of hydrogen-bond donors (Lipinski definition) is 0. The van der Waals surface area contributed by atoms with Gasteiger partial charge in [0, 0.05) is 0 Å². The average molecular weight is 575 g/mol. The van der Waals surface area contributed by atoms with E-state index in [4.69, 9.17) is 51.1 Å². The van der Waals surface area contributed by atoms with Crippen molar-refractivity contribution in [1.29, 1.82) is 0 Å². The molecular formula is C28H19Cl4NO4. The molecule has 1 fully saturated rings. The molecule has 0 radical (unpaired) electrons. The van der Waals surface area contributed by atoms with E-state index in [1.165, 1.54) is 6.92 Å². The number of likely N-dealkylation sites (tertiary alicyclic amines) is 1. The van der Waals surface area contributed by atoms with Gasteiger partial charge in [-0.3, -0.25) is 14.5 Å². The number of hydrogen-bond acceptors (Lipinski definition) is 4. The molecule has 2 bridgehead atoms. The Hall–Kier alpha value is -2.57. The molecule has 1 aliphatic heterocycles. The summed E-state index contributed by atoms with van der Waals surface area (Å²) in [6.07, 6.45) is 0. The van der Waals surface area contributed by atoms with Gasteiger partial charge in [-0.15, -0.1) is 23.2 Å². The lowest BCUT2D eigenvalue weighted by Gasteiger charge is -2.54. The summed E-state index contributed by atoms with van der Waals surface area (Å²) in [7, 11) is 0. The second kappa shape index (κ2) is 8.47. The Kier molecular flexibility index (Phi) is 5.67. The number of amides is 2. The van der Waals surface area contributed by atoms with Gasteiger partial charge in [-0.25, -0.2) is 4.79 Å². The van der Waals surface area contributed by atoms with Crippen LogP contribution in [0.4, 0.5) is 0 Å². The Labute approximate surface area is 233 Å². The summed E-state index contributed by atoms with van der Waals surface area (Å²) in [5.41, 5.74) is 3.41. The Morgan fingerprint density at radius 3 is 1.73 bits per heavy atom. The molecule has 0 saturated carbocycles. The standard InChI is InChI=1S/C28H19Cl4NO4/c1-14(26(36)37-13-15-10-11-20(29)21(30)12-15)33-24(34)22-23(25(33)35)28(32)17-7-3-2-6-16(17)27(22,31)18-8-4-5-9-19(18)28/h2-12,14,22-23H,13H2,1H3/t14-,22+,23+,27?,28?/m1/s1. The van der Waals surface area contributed by atoms with E-state index < -0.39 is 45.4 Å². The molecule has 3 aromatic carbocycles. The Balaban J connectivity index is 1.37. The molecule has 3 aromatic rings. The van der Waals surface area contributed by atoms with Crippen molar-refractivity contribution >= 4 is 64.2 Å². The topological polar surface area (TPSA) is 63.7 Å². The second-order valence-electron chi connectivity index (χ2n) is 9.55. The summed E-state index contributed by atoms with van der Waals surface area (Å²) in [6.45, 7) is 1.37. The fourth-order valence-electron chi connectivity index (χ4n) is 6.08. The number of esters is 1. The highest BCUT2D eigenvalue weighted by Gasteiger charge is 2.73. The molecule has 9 heteroatoms. The van der Waals surface area contributed by atoms with Gasteiger partial charge < -0.3 is 4.74 Å². The molecule has 1 saturated heterocycles. The zero-order chi connectivity index (χ0) is 26.3. The van der Waals surface area contributed by atoms with Crippen molar-refractivity contribution in [1.82, 2.24) is 4.90 Å². The van der Waals surface area contributed by atoms with Crippen molar-refractivity contribution in [3.8, 4) is 0 Å². The Morgan fingerprint density at radius 2 is 1.30 bits per heavy atom. The first-order valence-corrected chi connectivity index (χ1v) is 13.2. The number of nitrogens with zero attached hydrogens (tertiary/aromatic N) is 1. The molecule has 4 aliphatic rings. The van der Waals surface area contributed by atoms with E-state index in [2.05, 4.69) is 0 Å². The van der Waals surface area contributed by atoms with Crippen molar-refractivity contribution in [3.05, 3.63) is 105 Å². The molecule has 1 heterocycles. The molecule has 3 atom stereocenters. The van der Waals surface area contributed by atoms with E-state index in [-0.39, 0.29) is 6.61 Å². The summed E-state index contributed by atoms with van der Waals surface area (Å²) >= 11 is 26.8. The molecule has 0 spiro atoms. The number of rotatable bonds is 4. The molecule has 2 amide bonds. The maximum Gasteiger partial charge on any atom is 0.329 e. The molecule has 7 rings (SSSR count). The van der Waals surface area contributed by atoms with Gasteiger partial charge in [-0.05, 0) is 46.9 Å². The van der Waals surface area contributed by atoms with E-state index in [0.29, 0.717) is 37.9 Å². The first-order chi connectivity index (χ1) is 17.6. The summed E-state index contributed by atoms with van der Waals surface area (Å²) in [4.78, 5) is 39.3. The first-order valence-electron chi connectivity index (χ1n) is 11.7. The zero-order valence-electron chi connectivity index (χ0n) is 19.4. The Morgan fingerprint density at radius 1 is 0.838 bits per heavy atom. The van der Waals surface area contributed by atoms with Crippen molar-refractivity contribution < 1.29 is 19.1 Å². The van der Waals surface area contributed by atoms with Gasteiger partial charge in [-0.1, -0.05) is 77.8 Å². The molecule has 0 unspecified atom stereocenters. The van der Waals surface area contributed by atoms with Crippen LogP contribution in [0.5, 0.6) is 0 Å². The van der Waals surface area contributed by atoms with Gasteiger partial charge in [0.05, 0.1) is 21.9 Å². The summed E-state index contributed by atoms with van der Waals surface area (Å²) in [5.74, 6) is -3.78. The van der Waals surface area contributed by atoms with Crippen LogP contribution in [0.25, 0.3) is 0 Å². The van der Waals surface area contributed by atoms with Crippen LogP contribution in [-0.4, -0.2) is 28.7 Å².